The van der Waals surface area contributed by atoms with Gasteiger partial charge in [0.2, 0.25) is 23.6 Å². The number of piperazine rings is 1. The molecule has 19 nitrogen and oxygen atoms in total. The number of anilines is 1. The highest BCUT2D eigenvalue weighted by atomic mass is 32.1. The van der Waals surface area contributed by atoms with Crippen molar-refractivity contribution in [1.82, 2.24) is 55.8 Å². The summed E-state index contributed by atoms with van der Waals surface area (Å²) in [5, 5.41) is 27.7. The van der Waals surface area contributed by atoms with Crippen LogP contribution >= 0.6 is 11.3 Å². The van der Waals surface area contributed by atoms with E-state index in [1.165, 1.54) is 4.90 Å². The number of carbonyl (C=O) groups is 5. The number of H-pyrrole nitrogens is 1. The number of hydrogen-bond donors (Lipinski definition) is 6. The number of β-amino-alcohol motifs (C(OH)–C–C–N with tert-alkyl or cyclic N) is 1. The van der Waals surface area contributed by atoms with Crippen LogP contribution in [0.1, 0.15) is 105 Å². The van der Waals surface area contributed by atoms with Gasteiger partial charge in [-0.25, -0.2) is 9.97 Å². The number of benzene rings is 2. The van der Waals surface area contributed by atoms with Crippen molar-refractivity contribution in [2.75, 3.05) is 50.7 Å². The van der Waals surface area contributed by atoms with Crippen LogP contribution in [0.2, 0.25) is 0 Å². The molecule has 0 radical (unpaired) electrons. The van der Waals surface area contributed by atoms with Gasteiger partial charge in [-0.2, -0.15) is 5.10 Å². The molecule has 6 aromatic rings. The number of nitrogens with one attached hydrogen (secondary N) is 5. The van der Waals surface area contributed by atoms with Gasteiger partial charge in [-0.15, -0.1) is 11.3 Å². The molecule has 2 saturated heterocycles. The Balaban J connectivity index is 0.766. The van der Waals surface area contributed by atoms with Crippen LogP contribution in [-0.4, -0.2) is 133 Å². The maximum atomic E-state index is 14.1. The minimum atomic E-state index is -0.962. The Morgan fingerprint density at radius 1 is 0.844 bits per heavy atom. The fraction of sp³-hybridized carbons (Fsp3) is 0.456. The predicted octanol–water partition coefficient (Wildman–Crippen LogP) is 5.56. The Bertz CT molecular complexity index is 3150. The van der Waals surface area contributed by atoms with Gasteiger partial charge in [0.15, 0.2) is 0 Å². The molecule has 6 heterocycles. The minimum absolute atomic E-state index is 0.0244. The van der Waals surface area contributed by atoms with Gasteiger partial charge in [0.05, 0.1) is 39.5 Å². The van der Waals surface area contributed by atoms with E-state index in [9.17, 15) is 33.9 Å². The Kier molecular flexibility index (Phi) is 17.7. The molecule has 0 aliphatic carbocycles. The molecule has 8 rings (SSSR count). The first-order valence-corrected chi connectivity index (χ1v) is 27.4. The molecule has 77 heavy (non-hydrogen) atoms. The predicted molar refractivity (Wildman–Crippen MR) is 298 cm³/mol. The zero-order valence-corrected chi connectivity index (χ0v) is 46.2. The van der Waals surface area contributed by atoms with Crippen LogP contribution in [0.15, 0.2) is 77.3 Å². The number of carbonyl (C=O) groups excluding carboxylic acids is 5. The smallest absolute Gasteiger partial charge is 0.253 e. The van der Waals surface area contributed by atoms with E-state index in [0.717, 1.165) is 87.0 Å². The third-order valence-electron chi connectivity index (χ3n) is 14.4. The molecular formula is C57H72N12O7S. The fourth-order valence-corrected chi connectivity index (χ4v) is 10.9. The van der Waals surface area contributed by atoms with Gasteiger partial charge < -0.3 is 41.2 Å². The molecule has 408 valence electrons. The highest BCUT2D eigenvalue weighted by Gasteiger charge is 2.44. The summed E-state index contributed by atoms with van der Waals surface area (Å²) < 4.78 is 1.89. The molecule has 0 spiro atoms. The Morgan fingerprint density at radius 3 is 2.23 bits per heavy atom. The van der Waals surface area contributed by atoms with Crippen molar-refractivity contribution in [3.05, 3.63) is 116 Å². The van der Waals surface area contributed by atoms with Crippen molar-refractivity contribution in [2.24, 2.45) is 5.41 Å². The lowest BCUT2D eigenvalue weighted by Crippen LogP contribution is -2.57. The molecule has 2 aliphatic heterocycles. The fourth-order valence-electron chi connectivity index (χ4n) is 10.1. The first kappa shape index (κ1) is 55.9. The van der Waals surface area contributed by atoms with Gasteiger partial charge in [-0.3, -0.25) is 38.3 Å². The number of aliphatic hydroxyl groups is 1. The van der Waals surface area contributed by atoms with Crippen molar-refractivity contribution in [3.63, 3.8) is 0 Å². The number of pyridine rings is 2. The van der Waals surface area contributed by atoms with E-state index in [2.05, 4.69) is 46.1 Å². The number of hydrogen-bond acceptors (Lipinski definition) is 13. The molecule has 2 fully saturated rings. The van der Waals surface area contributed by atoms with E-state index in [1.54, 1.807) is 17.5 Å². The Labute approximate surface area is 453 Å². The third-order valence-corrected chi connectivity index (χ3v) is 15.4. The normalized spacial score (nSPS) is 16.4. The second kappa shape index (κ2) is 24.4. The average molecular weight is 1070 g/mol. The number of aromatic nitrogens is 5. The Hall–Kier alpha value is -7.29. The summed E-state index contributed by atoms with van der Waals surface area (Å²) in [6.07, 6.45) is 3.21. The number of thiazole rings is 1. The van der Waals surface area contributed by atoms with E-state index >= 15 is 0 Å². The SMILES string of the molecule is Cc1cc(C)c(CNC(=O)c2cc(-c3ccc(N4CCN(CCNC(=O)CCCC(=O)N[C@H](C(=O)N5C[C@H](O)C[C@H]5C(=O)NCc5ccc(-c6scnc6C)cc5)C(C)(C)C)CC4)nc3)cc3c2cnn3C(C)C)c(=O)[nH]1. The number of aliphatic hydroxyl groups excluding tert-OH is 1. The van der Waals surface area contributed by atoms with Crippen molar-refractivity contribution >= 4 is 57.6 Å². The lowest BCUT2D eigenvalue weighted by Gasteiger charge is -2.35. The number of aromatic amines is 1. The summed E-state index contributed by atoms with van der Waals surface area (Å²) in [5.41, 5.74) is 8.80. The highest BCUT2D eigenvalue weighted by Crippen LogP contribution is 2.32. The second-order valence-corrected chi connectivity index (χ2v) is 22.5. The van der Waals surface area contributed by atoms with Crippen LogP contribution < -0.4 is 31.7 Å². The average Bonchev–Trinajstić information content (AvgIpc) is 4.15. The summed E-state index contributed by atoms with van der Waals surface area (Å²) >= 11 is 1.57. The van der Waals surface area contributed by atoms with E-state index < -0.39 is 29.5 Å². The van der Waals surface area contributed by atoms with Crippen LogP contribution in [0.3, 0.4) is 0 Å². The molecular weight excluding hydrogens is 997 g/mol. The van der Waals surface area contributed by atoms with E-state index in [1.807, 2.05) is 126 Å². The number of nitrogens with zero attached hydrogens (tertiary/aromatic N) is 7. The van der Waals surface area contributed by atoms with Gasteiger partial charge >= 0.3 is 0 Å². The van der Waals surface area contributed by atoms with Crippen LogP contribution in [0.25, 0.3) is 32.5 Å². The molecule has 5 amide bonds. The van der Waals surface area contributed by atoms with Crippen LogP contribution in [0.4, 0.5) is 5.82 Å². The number of amides is 5. The van der Waals surface area contributed by atoms with E-state index in [-0.39, 0.29) is 80.5 Å². The molecule has 2 aliphatic rings. The van der Waals surface area contributed by atoms with Gasteiger partial charge in [0.1, 0.15) is 17.9 Å². The largest absolute Gasteiger partial charge is 0.391 e. The standard InChI is InChI=1S/C57H72N12O7S/c1-34(2)69-46-26-41(25-43(45(46)31-63-69)53(73)61-30-44-35(3)24-36(4)64-54(44)74)40-16-17-48(59-29-40)67-22-20-66(21-23-67)19-18-58-49(71)10-9-11-50(72)65-52(57(6,7)8)56(76)68-32-42(70)27-47(68)55(75)60-28-38-12-14-39(15-13-38)51-37(5)62-33-77-51/h12-17,24-26,29,31,33-34,42,47,52,70H,9-11,18-23,27-28,30,32H2,1-8H3,(H,58,71)(H,60,75)(H,61,73)(H,64,74)(H,65,72)/t42-,47+,52-/m1/s1. The summed E-state index contributed by atoms with van der Waals surface area (Å²) in [7, 11) is 0. The first-order chi connectivity index (χ1) is 36.7. The summed E-state index contributed by atoms with van der Waals surface area (Å²) in [6, 6.07) is 15.8. The number of fused-ring (bicyclic) bond motifs is 1. The summed E-state index contributed by atoms with van der Waals surface area (Å²) in [5.74, 6) is -0.819. The van der Waals surface area contributed by atoms with Crippen LogP contribution in [0, 0.1) is 26.2 Å². The molecule has 0 bridgehead atoms. The quantitative estimate of drug-likeness (QED) is 0.0585. The van der Waals surface area contributed by atoms with E-state index in [4.69, 9.17) is 4.98 Å². The van der Waals surface area contributed by atoms with Crippen molar-refractivity contribution in [2.45, 2.75) is 118 Å². The maximum Gasteiger partial charge on any atom is 0.253 e. The molecule has 20 heteroatoms. The number of aryl methyl sites for hydroxylation is 3. The lowest BCUT2D eigenvalue weighted by molar-refractivity contribution is -0.144. The molecule has 6 N–H and O–H groups in total. The van der Waals surface area contributed by atoms with Crippen LogP contribution in [-0.2, 0) is 32.3 Å². The third kappa shape index (κ3) is 13.6. The van der Waals surface area contributed by atoms with Gasteiger partial charge in [-0.1, -0.05) is 45.0 Å². The topological polar surface area (TPSA) is 240 Å². The van der Waals surface area contributed by atoms with Gasteiger partial charge in [0, 0.05) is 113 Å². The van der Waals surface area contributed by atoms with Gasteiger partial charge in [0.25, 0.3) is 11.5 Å². The maximum absolute atomic E-state index is 14.1. The van der Waals surface area contributed by atoms with Crippen molar-refractivity contribution in [1.29, 1.82) is 0 Å². The first-order valence-electron chi connectivity index (χ1n) is 26.5. The number of rotatable bonds is 19. The lowest BCUT2D eigenvalue weighted by atomic mass is 9.85. The highest BCUT2D eigenvalue weighted by molar-refractivity contribution is 7.13. The van der Waals surface area contributed by atoms with Crippen LogP contribution in [0.5, 0.6) is 0 Å². The molecule has 3 atom stereocenters. The Morgan fingerprint density at radius 2 is 1.57 bits per heavy atom. The summed E-state index contributed by atoms with van der Waals surface area (Å²) in [6.45, 7) is 19.7. The monoisotopic (exact) mass is 1070 g/mol. The van der Waals surface area contributed by atoms with E-state index in [0.29, 0.717) is 24.2 Å². The van der Waals surface area contributed by atoms with Crippen molar-refractivity contribution in [3.8, 4) is 21.6 Å². The molecule has 2 aromatic carbocycles. The van der Waals surface area contributed by atoms with Crippen molar-refractivity contribution < 1.29 is 29.1 Å². The number of likely N-dealkylation sites (tertiary alicyclic amines) is 1. The van der Waals surface area contributed by atoms with Gasteiger partial charge in [-0.05, 0) is 99.0 Å². The molecule has 4 aromatic heterocycles. The second-order valence-electron chi connectivity index (χ2n) is 21.6. The zero-order valence-electron chi connectivity index (χ0n) is 45.4. The zero-order chi connectivity index (χ0) is 55.1. The molecule has 0 unspecified atom stereocenters. The molecule has 0 saturated carbocycles. The summed E-state index contributed by atoms with van der Waals surface area (Å²) in [4.78, 5) is 99.2. The minimum Gasteiger partial charge on any atom is -0.391 e.